The maximum atomic E-state index is 3.51. The summed E-state index contributed by atoms with van der Waals surface area (Å²) in [5.74, 6) is 0.923. The standard InChI is InChI=1S/C13H27N3/c1-3-13-9-14-6-8-16(13)11-12-5-7-15(4-2)10-12/h12-14H,3-11H2,1-2H3. The summed E-state index contributed by atoms with van der Waals surface area (Å²) in [7, 11) is 0. The van der Waals surface area contributed by atoms with Crippen molar-refractivity contribution in [3.05, 3.63) is 0 Å². The van der Waals surface area contributed by atoms with Crippen molar-refractivity contribution in [1.82, 2.24) is 15.1 Å². The second-order valence-electron chi connectivity index (χ2n) is 5.31. The molecule has 2 atom stereocenters. The molecular formula is C13H27N3. The Morgan fingerprint density at radius 2 is 2.12 bits per heavy atom. The van der Waals surface area contributed by atoms with Gasteiger partial charge in [-0.1, -0.05) is 13.8 Å². The predicted octanol–water partition coefficient (Wildman–Crippen LogP) is 1.01. The third-order valence-corrected chi connectivity index (χ3v) is 4.25. The highest BCUT2D eigenvalue weighted by Crippen LogP contribution is 2.19. The van der Waals surface area contributed by atoms with Gasteiger partial charge < -0.3 is 10.2 Å². The molecule has 2 fully saturated rings. The Morgan fingerprint density at radius 1 is 1.25 bits per heavy atom. The molecule has 16 heavy (non-hydrogen) atoms. The fraction of sp³-hybridized carbons (Fsp3) is 1.00. The van der Waals surface area contributed by atoms with Crippen LogP contribution in [0, 0.1) is 5.92 Å². The van der Waals surface area contributed by atoms with Crippen LogP contribution in [-0.4, -0.2) is 61.7 Å². The Labute approximate surface area is 100 Å². The lowest BCUT2D eigenvalue weighted by Crippen LogP contribution is -2.52. The van der Waals surface area contributed by atoms with Gasteiger partial charge in [0.05, 0.1) is 0 Å². The Balaban J connectivity index is 1.79. The second kappa shape index (κ2) is 5.99. The Morgan fingerprint density at radius 3 is 2.81 bits per heavy atom. The van der Waals surface area contributed by atoms with E-state index in [2.05, 4.69) is 29.0 Å². The average Bonchev–Trinajstić information content (AvgIpc) is 2.77. The molecule has 2 aliphatic rings. The van der Waals surface area contributed by atoms with Gasteiger partial charge in [0.2, 0.25) is 0 Å². The molecular weight excluding hydrogens is 198 g/mol. The van der Waals surface area contributed by atoms with Gasteiger partial charge in [0.25, 0.3) is 0 Å². The fourth-order valence-electron chi connectivity index (χ4n) is 3.13. The molecule has 0 bridgehead atoms. The lowest BCUT2D eigenvalue weighted by molar-refractivity contribution is 0.134. The third kappa shape index (κ3) is 2.96. The SMILES string of the molecule is CCC1CNCCN1CC1CCN(CC)C1. The first-order valence-corrected chi connectivity index (χ1v) is 7.00. The monoisotopic (exact) mass is 225 g/mol. The van der Waals surface area contributed by atoms with Gasteiger partial charge in [0.1, 0.15) is 0 Å². The quantitative estimate of drug-likeness (QED) is 0.770. The highest BCUT2D eigenvalue weighted by molar-refractivity contribution is 4.83. The second-order valence-corrected chi connectivity index (χ2v) is 5.31. The van der Waals surface area contributed by atoms with E-state index < -0.39 is 0 Å². The minimum absolute atomic E-state index is 0.782. The molecule has 0 aromatic carbocycles. The highest BCUT2D eigenvalue weighted by Gasteiger charge is 2.27. The summed E-state index contributed by atoms with van der Waals surface area (Å²) < 4.78 is 0. The molecule has 94 valence electrons. The predicted molar refractivity (Wildman–Crippen MR) is 68.7 cm³/mol. The Hall–Kier alpha value is -0.120. The van der Waals surface area contributed by atoms with E-state index in [1.54, 1.807) is 0 Å². The number of likely N-dealkylation sites (tertiary alicyclic amines) is 1. The largest absolute Gasteiger partial charge is 0.314 e. The van der Waals surface area contributed by atoms with E-state index in [0.717, 1.165) is 12.0 Å². The van der Waals surface area contributed by atoms with Crippen molar-refractivity contribution in [1.29, 1.82) is 0 Å². The molecule has 2 unspecified atom stereocenters. The van der Waals surface area contributed by atoms with E-state index in [0.29, 0.717) is 0 Å². The molecule has 2 heterocycles. The molecule has 0 radical (unpaired) electrons. The van der Waals surface area contributed by atoms with E-state index in [-0.39, 0.29) is 0 Å². The van der Waals surface area contributed by atoms with Crippen LogP contribution in [0.15, 0.2) is 0 Å². The number of nitrogens with one attached hydrogen (secondary N) is 1. The molecule has 0 saturated carbocycles. The van der Waals surface area contributed by atoms with Crippen LogP contribution < -0.4 is 5.32 Å². The molecule has 2 rings (SSSR count). The number of rotatable bonds is 4. The lowest BCUT2D eigenvalue weighted by Gasteiger charge is -2.37. The first-order chi connectivity index (χ1) is 7.83. The van der Waals surface area contributed by atoms with E-state index in [9.17, 15) is 0 Å². The molecule has 0 aliphatic carbocycles. The first kappa shape index (κ1) is 12.3. The molecule has 3 nitrogen and oxygen atoms in total. The zero-order valence-electron chi connectivity index (χ0n) is 10.9. The molecule has 3 heteroatoms. The highest BCUT2D eigenvalue weighted by atomic mass is 15.2. The molecule has 2 saturated heterocycles. The summed E-state index contributed by atoms with van der Waals surface area (Å²) >= 11 is 0. The van der Waals surface area contributed by atoms with Crippen molar-refractivity contribution in [3.63, 3.8) is 0 Å². The summed E-state index contributed by atoms with van der Waals surface area (Å²) in [4.78, 5) is 5.31. The van der Waals surface area contributed by atoms with Crippen LogP contribution in [0.25, 0.3) is 0 Å². The van der Waals surface area contributed by atoms with Gasteiger partial charge in [0, 0.05) is 38.8 Å². The van der Waals surface area contributed by atoms with Gasteiger partial charge in [-0.2, -0.15) is 0 Å². The van der Waals surface area contributed by atoms with Crippen LogP contribution >= 0.6 is 0 Å². The normalized spacial score (nSPS) is 33.4. The summed E-state index contributed by atoms with van der Waals surface area (Å²) in [5, 5.41) is 3.51. The third-order valence-electron chi connectivity index (χ3n) is 4.25. The zero-order valence-corrected chi connectivity index (χ0v) is 10.9. The topological polar surface area (TPSA) is 18.5 Å². The lowest BCUT2D eigenvalue weighted by atomic mass is 10.0. The van der Waals surface area contributed by atoms with Crippen LogP contribution in [0.2, 0.25) is 0 Å². The summed E-state index contributed by atoms with van der Waals surface area (Å²) in [6.45, 7) is 13.4. The smallest absolute Gasteiger partial charge is 0.0218 e. The number of hydrogen-bond donors (Lipinski definition) is 1. The molecule has 0 amide bonds. The molecule has 0 aromatic rings. The summed E-state index contributed by atoms with van der Waals surface area (Å²) in [5.41, 5.74) is 0. The van der Waals surface area contributed by atoms with Crippen molar-refractivity contribution in [2.75, 3.05) is 45.8 Å². The Bertz CT molecular complexity index is 207. The van der Waals surface area contributed by atoms with Crippen molar-refractivity contribution in [2.45, 2.75) is 32.7 Å². The Kier molecular flexibility index (Phi) is 4.62. The number of piperazine rings is 1. The molecule has 0 spiro atoms. The van der Waals surface area contributed by atoms with Crippen molar-refractivity contribution < 1.29 is 0 Å². The van der Waals surface area contributed by atoms with Crippen molar-refractivity contribution in [3.8, 4) is 0 Å². The van der Waals surface area contributed by atoms with Gasteiger partial charge in [-0.05, 0) is 31.8 Å². The van der Waals surface area contributed by atoms with Crippen molar-refractivity contribution in [2.24, 2.45) is 5.92 Å². The van der Waals surface area contributed by atoms with Crippen molar-refractivity contribution >= 4 is 0 Å². The number of nitrogens with zero attached hydrogens (tertiary/aromatic N) is 2. The van der Waals surface area contributed by atoms with Gasteiger partial charge in [-0.3, -0.25) is 4.90 Å². The summed E-state index contributed by atoms with van der Waals surface area (Å²) in [6, 6.07) is 0.782. The first-order valence-electron chi connectivity index (χ1n) is 7.00. The van der Waals surface area contributed by atoms with Gasteiger partial charge in [-0.15, -0.1) is 0 Å². The maximum Gasteiger partial charge on any atom is 0.0218 e. The summed E-state index contributed by atoms with van der Waals surface area (Å²) in [6.07, 6.45) is 2.70. The zero-order chi connectivity index (χ0) is 11.4. The van der Waals surface area contributed by atoms with Crippen LogP contribution in [0.4, 0.5) is 0 Å². The van der Waals surface area contributed by atoms with Crippen LogP contribution in [0.1, 0.15) is 26.7 Å². The van der Waals surface area contributed by atoms with E-state index in [1.165, 1.54) is 58.7 Å². The van der Waals surface area contributed by atoms with Crippen LogP contribution in [-0.2, 0) is 0 Å². The number of hydrogen-bond acceptors (Lipinski definition) is 3. The maximum absolute atomic E-state index is 3.51. The minimum atomic E-state index is 0.782. The fourth-order valence-corrected chi connectivity index (χ4v) is 3.13. The van der Waals surface area contributed by atoms with Gasteiger partial charge in [0.15, 0.2) is 0 Å². The van der Waals surface area contributed by atoms with Gasteiger partial charge >= 0.3 is 0 Å². The minimum Gasteiger partial charge on any atom is -0.314 e. The van der Waals surface area contributed by atoms with Crippen LogP contribution in [0.3, 0.4) is 0 Å². The van der Waals surface area contributed by atoms with Gasteiger partial charge in [-0.25, -0.2) is 0 Å². The molecule has 1 N–H and O–H groups in total. The van der Waals surface area contributed by atoms with E-state index >= 15 is 0 Å². The van der Waals surface area contributed by atoms with Crippen LogP contribution in [0.5, 0.6) is 0 Å². The van der Waals surface area contributed by atoms with E-state index in [1.807, 2.05) is 0 Å². The van der Waals surface area contributed by atoms with E-state index in [4.69, 9.17) is 0 Å². The average molecular weight is 225 g/mol. The molecule has 0 aromatic heterocycles. The molecule has 2 aliphatic heterocycles.